The Balaban J connectivity index is 1.75. The Hall–Kier alpha value is -2.23. The van der Waals surface area contributed by atoms with Crippen molar-refractivity contribution in [2.45, 2.75) is 44.8 Å². The molecule has 0 aromatic carbocycles. The molecule has 0 unspecified atom stereocenters. The third kappa shape index (κ3) is 4.91. The van der Waals surface area contributed by atoms with Crippen LogP contribution < -0.4 is 21.3 Å². The van der Waals surface area contributed by atoms with Gasteiger partial charge in [0.1, 0.15) is 5.82 Å². The van der Waals surface area contributed by atoms with Crippen LogP contribution in [-0.4, -0.2) is 57.0 Å². The van der Waals surface area contributed by atoms with E-state index < -0.39 is 12.1 Å². The summed E-state index contributed by atoms with van der Waals surface area (Å²) >= 11 is 0. The molecule has 4 N–H and O–H groups in total. The number of nitrogens with zero attached hydrogens (tertiary/aromatic N) is 2. The van der Waals surface area contributed by atoms with E-state index in [2.05, 4.69) is 22.5 Å². The number of halogens is 3. The molecule has 2 aliphatic rings. The SMILES string of the molecule is CNc1nc(N(C)CC2(C)COC2)c(C(=O)N[C@H]2CC[C@H](C(F)(F)F)CC2)cc1N. The molecule has 1 aromatic rings. The van der Waals surface area contributed by atoms with Crippen LogP contribution in [0.4, 0.5) is 30.5 Å². The van der Waals surface area contributed by atoms with Crippen LogP contribution in [0.1, 0.15) is 43.0 Å². The monoisotopic (exact) mass is 429 g/mol. The third-order valence-electron chi connectivity index (χ3n) is 5.92. The molecule has 1 saturated carbocycles. The highest BCUT2D eigenvalue weighted by atomic mass is 19.4. The molecule has 10 heteroatoms. The van der Waals surface area contributed by atoms with E-state index in [-0.39, 0.29) is 30.2 Å². The van der Waals surface area contributed by atoms with Gasteiger partial charge in [0.25, 0.3) is 5.91 Å². The first-order chi connectivity index (χ1) is 14.0. The standard InChI is InChI=1S/C20H30F3N5O2/c1-19(10-30-11-19)9-28(3)17-14(8-15(24)16(25-2)27-17)18(29)26-13-6-4-12(5-7-13)20(21,22)23/h8,12-13H,4-7,9-11,24H2,1-3H3,(H,25,27)(H,26,29)/t12-,13-. The lowest BCUT2D eigenvalue weighted by Gasteiger charge is -2.41. The summed E-state index contributed by atoms with van der Waals surface area (Å²) in [6.45, 7) is 4.01. The lowest BCUT2D eigenvalue weighted by atomic mass is 9.85. The first-order valence-corrected chi connectivity index (χ1v) is 10.2. The number of pyridine rings is 1. The van der Waals surface area contributed by atoms with Crippen LogP contribution >= 0.6 is 0 Å². The number of carbonyl (C=O) groups excluding carboxylic acids is 1. The molecule has 0 atom stereocenters. The summed E-state index contributed by atoms with van der Waals surface area (Å²) in [5.74, 6) is -0.716. The molecule has 0 radical (unpaired) electrons. The van der Waals surface area contributed by atoms with E-state index in [1.165, 1.54) is 0 Å². The number of rotatable bonds is 6. The molecular weight excluding hydrogens is 399 g/mol. The summed E-state index contributed by atoms with van der Waals surface area (Å²) in [6.07, 6.45) is -3.52. The number of carbonyl (C=O) groups is 1. The maximum absolute atomic E-state index is 13.0. The van der Waals surface area contributed by atoms with Crippen molar-refractivity contribution in [3.05, 3.63) is 11.6 Å². The Kier molecular flexibility index (Phi) is 6.35. The molecular formula is C20H30F3N5O2. The minimum absolute atomic E-state index is 0.0264. The van der Waals surface area contributed by atoms with Crippen molar-refractivity contribution in [3.63, 3.8) is 0 Å². The number of hydrogen-bond donors (Lipinski definition) is 3. The Bertz CT molecular complexity index is 774. The molecule has 0 spiro atoms. The second-order valence-corrected chi connectivity index (χ2v) is 8.77. The summed E-state index contributed by atoms with van der Waals surface area (Å²) in [5, 5.41) is 5.81. The summed E-state index contributed by atoms with van der Waals surface area (Å²) < 4.78 is 44.0. The van der Waals surface area contributed by atoms with E-state index in [0.717, 1.165) is 0 Å². The van der Waals surface area contributed by atoms with Crippen molar-refractivity contribution in [2.75, 3.05) is 49.8 Å². The maximum atomic E-state index is 13.0. The lowest BCUT2D eigenvalue weighted by Crippen LogP contribution is -2.48. The zero-order valence-electron chi connectivity index (χ0n) is 17.6. The number of nitrogen functional groups attached to an aromatic ring is 1. The van der Waals surface area contributed by atoms with Crippen molar-refractivity contribution in [1.82, 2.24) is 10.3 Å². The van der Waals surface area contributed by atoms with Gasteiger partial charge in [-0.15, -0.1) is 0 Å². The number of alkyl halides is 3. The zero-order valence-corrected chi connectivity index (χ0v) is 17.6. The minimum Gasteiger partial charge on any atom is -0.396 e. The lowest BCUT2D eigenvalue weighted by molar-refractivity contribution is -0.182. The topological polar surface area (TPSA) is 92.5 Å². The maximum Gasteiger partial charge on any atom is 0.391 e. The molecule has 30 heavy (non-hydrogen) atoms. The van der Waals surface area contributed by atoms with Gasteiger partial charge in [-0.05, 0) is 31.7 Å². The van der Waals surface area contributed by atoms with Gasteiger partial charge >= 0.3 is 6.18 Å². The van der Waals surface area contributed by atoms with E-state index in [4.69, 9.17) is 10.5 Å². The van der Waals surface area contributed by atoms with Gasteiger partial charge in [-0.3, -0.25) is 4.79 Å². The van der Waals surface area contributed by atoms with Gasteiger partial charge in [0.2, 0.25) is 0 Å². The zero-order chi connectivity index (χ0) is 22.1. The van der Waals surface area contributed by atoms with Crippen LogP contribution in [-0.2, 0) is 4.74 Å². The summed E-state index contributed by atoms with van der Waals surface area (Å²) in [4.78, 5) is 19.4. The predicted octanol–water partition coefficient (Wildman–Crippen LogP) is 3.03. The van der Waals surface area contributed by atoms with Crippen LogP contribution in [0.15, 0.2) is 6.07 Å². The number of ether oxygens (including phenoxy) is 1. The molecule has 0 bridgehead atoms. The van der Waals surface area contributed by atoms with Crippen LogP contribution in [0.25, 0.3) is 0 Å². The molecule has 1 aliphatic carbocycles. The predicted molar refractivity (Wildman–Crippen MR) is 110 cm³/mol. The van der Waals surface area contributed by atoms with Gasteiger partial charge in [0.05, 0.1) is 30.4 Å². The van der Waals surface area contributed by atoms with Crippen LogP contribution in [0.2, 0.25) is 0 Å². The van der Waals surface area contributed by atoms with E-state index in [1.807, 2.05) is 11.9 Å². The average Bonchev–Trinajstić information content (AvgIpc) is 2.66. The molecule has 1 aliphatic heterocycles. The van der Waals surface area contributed by atoms with Gasteiger partial charge in [-0.2, -0.15) is 13.2 Å². The van der Waals surface area contributed by atoms with E-state index in [1.54, 1.807) is 13.1 Å². The molecule has 1 saturated heterocycles. The molecule has 2 fully saturated rings. The number of aromatic nitrogens is 1. The van der Waals surface area contributed by atoms with Crippen LogP contribution in [0, 0.1) is 11.3 Å². The first-order valence-electron chi connectivity index (χ1n) is 10.2. The second kappa shape index (κ2) is 8.49. The smallest absolute Gasteiger partial charge is 0.391 e. The fourth-order valence-corrected chi connectivity index (χ4v) is 4.19. The van der Waals surface area contributed by atoms with Gasteiger partial charge < -0.3 is 26.0 Å². The molecule has 1 amide bonds. The van der Waals surface area contributed by atoms with E-state index in [9.17, 15) is 18.0 Å². The number of nitrogens with one attached hydrogen (secondary N) is 2. The average molecular weight is 429 g/mol. The molecule has 3 rings (SSSR count). The Morgan fingerprint density at radius 2 is 1.97 bits per heavy atom. The van der Waals surface area contributed by atoms with E-state index in [0.29, 0.717) is 55.5 Å². The van der Waals surface area contributed by atoms with Crippen molar-refractivity contribution >= 4 is 23.2 Å². The van der Waals surface area contributed by atoms with Crippen molar-refractivity contribution in [3.8, 4) is 0 Å². The summed E-state index contributed by atoms with van der Waals surface area (Å²) in [7, 11) is 3.55. The minimum atomic E-state index is -4.17. The quantitative estimate of drug-likeness (QED) is 0.644. The van der Waals surface area contributed by atoms with Crippen molar-refractivity contribution < 1.29 is 22.7 Å². The number of anilines is 3. The fraction of sp³-hybridized carbons (Fsp3) is 0.700. The number of hydrogen-bond acceptors (Lipinski definition) is 6. The second-order valence-electron chi connectivity index (χ2n) is 8.77. The van der Waals surface area contributed by atoms with Gasteiger partial charge in [0.15, 0.2) is 5.82 Å². The first kappa shape index (κ1) is 22.5. The Morgan fingerprint density at radius 3 is 2.47 bits per heavy atom. The largest absolute Gasteiger partial charge is 0.396 e. The van der Waals surface area contributed by atoms with Crippen molar-refractivity contribution in [1.29, 1.82) is 0 Å². The molecule has 2 heterocycles. The number of nitrogens with two attached hydrogens (primary N) is 1. The highest BCUT2D eigenvalue weighted by Gasteiger charge is 2.42. The summed E-state index contributed by atoms with van der Waals surface area (Å²) in [5.41, 5.74) is 6.66. The van der Waals surface area contributed by atoms with E-state index >= 15 is 0 Å². The van der Waals surface area contributed by atoms with Gasteiger partial charge in [-0.25, -0.2) is 4.98 Å². The highest BCUT2D eigenvalue weighted by molar-refractivity contribution is 6.00. The fourth-order valence-electron chi connectivity index (χ4n) is 4.19. The number of amides is 1. The third-order valence-corrected chi connectivity index (χ3v) is 5.92. The Labute approximate surface area is 174 Å². The highest BCUT2D eigenvalue weighted by Crippen LogP contribution is 2.38. The normalized spacial score (nSPS) is 23.4. The Morgan fingerprint density at radius 1 is 1.33 bits per heavy atom. The summed E-state index contributed by atoms with van der Waals surface area (Å²) in [6, 6.07) is 1.28. The van der Waals surface area contributed by atoms with Crippen LogP contribution in [0.5, 0.6) is 0 Å². The van der Waals surface area contributed by atoms with Gasteiger partial charge in [-0.1, -0.05) is 6.92 Å². The van der Waals surface area contributed by atoms with Crippen molar-refractivity contribution in [2.24, 2.45) is 11.3 Å². The molecule has 168 valence electrons. The van der Waals surface area contributed by atoms with Crippen LogP contribution in [0.3, 0.4) is 0 Å². The molecule has 7 nitrogen and oxygen atoms in total. The van der Waals surface area contributed by atoms with Gasteiger partial charge in [0, 0.05) is 32.1 Å². The molecule has 1 aromatic heterocycles.